The standard InChI is InChI=1S/C17H17ClN4O/c1-23-17-19-7-11(8-20-17)9-22-5-4-13-14-6-12(18)2-3-15(14)21-16(13)10-22/h2-3,6-8,21H,4-5,9-10H2,1H3. The maximum absolute atomic E-state index is 6.13. The molecule has 1 aliphatic rings. The molecule has 3 aromatic rings. The fourth-order valence-electron chi connectivity index (χ4n) is 3.19. The topological polar surface area (TPSA) is 54.0 Å². The molecule has 5 nitrogen and oxygen atoms in total. The van der Waals surface area contributed by atoms with Gasteiger partial charge in [-0.3, -0.25) is 4.90 Å². The van der Waals surface area contributed by atoms with E-state index in [9.17, 15) is 0 Å². The van der Waals surface area contributed by atoms with Gasteiger partial charge in [-0.1, -0.05) is 11.6 Å². The van der Waals surface area contributed by atoms with Crippen LogP contribution in [0.4, 0.5) is 0 Å². The fraction of sp³-hybridized carbons (Fsp3) is 0.294. The van der Waals surface area contributed by atoms with Crippen molar-refractivity contribution in [1.29, 1.82) is 0 Å². The number of hydrogen-bond acceptors (Lipinski definition) is 4. The Morgan fingerprint density at radius 2 is 2.13 bits per heavy atom. The summed E-state index contributed by atoms with van der Waals surface area (Å²) in [6.07, 6.45) is 4.67. The lowest BCUT2D eigenvalue weighted by Gasteiger charge is -2.26. The van der Waals surface area contributed by atoms with Gasteiger partial charge >= 0.3 is 6.01 Å². The number of aromatic amines is 1. The van der Waals surface area contributed by atoms with Crippen LogP contribution in [-0.2, 0) is 19.5 Å². The SMILES string of the molecule is COc1ncc(CN2CCc3c([nH]c4ccc(Cl)cc34)C2)cn1. The number of rotatable bonds is 3. The second-order valence-corrected chi connectivity index (χ2v) is 6.25. The van der Waals surface area contributed by atoms with Crippen LogP contribution >= 0.6 is 11.6 Å². The quantitative estimate of drug-likeness (QED) is 0.802. The van der Waals surface area contributed by atoms with Crippen LogP contribution in [0.25, 0.3) is 10.9 Å². The molecular weight excluding hydrogens is 312 g/mol. The average Bonchev–Trinajstić information content (AvgIpc) is 2.92. The lowest BCUT2D eigenvalue weighted by Crippen LogP contribution is -2.30. The summed E-state index contributed by atoms with van der Waals surface area (Å²) in [4.78, 5) is 14.3. The van der Waals surface area contributed by atoms with Gasteiger partial charge in [-0.25, -0.2) is 9.97 Å². The van der Waals surface area contributed by atoms with Crippen LogP contribution in [0.5, 0.6) is 6.01 Å². The first-order valence-electron chi connectivity index (χ1n) is 7.59. The van der Waals surface area contributed by atoms with Crippen LogP contribution in [0.1, 0.15) is 16.8 Å². The number of methoxy groups -OCH3 is 1. The predicted molar refractivity (Wildman–Crippen MR) is 89.7 cm³/mol. The van der Waals surface area contributed by atoms with E-state index in [0.717, 1.165) is 42.2 Å². The average molecular weight is 329 g/mol. The Morgan fingerprint density at radius 3 is 2.91 bits per heavy atom. The molecule has 3 heterocycles. The van der Waals surface area contributed by atoms with E-state index in [1.165, 1.54) is 16.6 Å². The van der Waals surface area contributed by atoms with Crippen molar-refractivity contribution in [1.82, 2.24) is 19.9 Å². The zero-order valence-corrected chi connectivity index (χ0v) is 13.6. The number of nitrogens with one attached hydrogen (secondary N) is 1. The fourth-order valence-corrected chi connectivity index (χ4v) is 3.36. The van der Waals surface area contributed by atoms with Crippen molar-refractivity contribution < 1.29 is 4.74 Å². The van der Waals surface area contributed by atoms with Crippen LogP contribution in [0, 0.1) is 0 Å². The van der Waals surface area contributed by atoms with Gasteiger partial charge in [-0.05, 0) is 30.2 Å². The van der Waals surface area contributed by atoms with E-state index < -0.39 is 0 Å². The minimum absolute atomic E-state index is 0.405. The Morgan fingerprint density at radius 1 is 1.30 bits per heavy atom. The Kier molecular flexibility index (Phi) is 3.67. The zero-order chi connectivity index (χ0) is 15.8. The molecule has 4 rings (SSSR count). The van der Waals surface area contributed by atoms with Crippen molar-refractivity contribution in [2.75, 3.05) is 13.7 Å². The van der Waals surface area contributed by atoms with E-state index >= 15 is 0 Å². The van der Waals surface area contributed by atoms with Crippen LogP contribution in [0.3, 0.4) is 0 Å². The van der Waals surface area contributed by atoms with Crippen molar-refractivity contribution in [2.24, 2.45) is 0 Å². The smallest absolute Gasteiger partial charge is 0.316 e. The van der Waals surface area contributed by atoms with Gasteiger partial charge < -0.3 is 9.72 Å². The summed E-state index contributed by atoms with van der Waals surface area (Å²) in [6.45, 7) is 2.74. The molecule has 0 aliphatic carbocycles. The summed E-state index contributed by atoms with van der Waals surface area (Å²) in [6, 6.07) is 6.44. The molecule has 1 aliphatic heterocycles. The summed E-state index contributed by atoms with van der Waals surface area (Å²) in [5.41, 5.74) is 4.93. The third kappa shape index (κ3) is 2.78. The molecule has 6 heteroatoms. The first-order chi connectivity index (χ1) is 11.2. The molecule has 0 spiro atoms. The van der Waals surface area contributed by atoms with E-state index in [2.05, 4.69) is 32.0 Å². The Balaban J connectivity index is 1.55. The lowest BCUT2D eigenvalue weighted by molar-refractivity contribution is 0.242. The van der Waals surface area contributed by atoms with Gasteiger partial charge in [0.25, 0.3) is 0 Å². The molecule has 0 saturated heterocycles. The second kappa shape index (κ2) is 5.83. The van der Waals surface area contributed by atoms with E-state index in [0.29, 0.717) is 6.01 Å². The third-order valence-electron chi connectivity index (χ3n) is 4.29. The number of aromatic nitrogens is 3. The lowest BCUT2D eigenvalue weighted by atomic mass is 10.0. The minimum Gasteiger partial charge on any atom is -0.467 e. The summed E-state index contributed by atoms with van der Waals surface area (Å²) < 4.78 is 5.00. The van der Waals surface area contributed by atoms with Crippen LogP contribution in [0.2, 0.25) is 5.02 Å². The molecule has 2 aromatic heterocycles. The third-order valence-corrected chi connectivity index (χ3v) is 4.52. The van der Waals surface area contributed by atoms with Crippen molar-refractivity contribution >= 4 is 22.5 Å². The van der Waals surface area contributed by atoms with Crippen LogP contribution < -0.4 is 4.74 Å². The van der Waals surface area contributed by atoms with Gasteiger partial charge in [0, 0.05) is 59.2 Å². The predicted octanol–water partition coefficient (Wildman–Crippen LogP) is 3.18. The monoisotopic (exact) mass is 328 g/mol. The van der Waals surface area contributed by atoms with E-state index in [-0.39, 0.29) is 0 Å². The van der Waals surface area contributed by atoms with Crippen molar-refractivity contribution in [3.05, 3.63) is 52.4 Å². The van der Waals surface area contributed by atoms with Gasteiger partial charge in [0.05, 0.1) is 7.11 Å². The highest BCUT2D eigenvalue weighted by atomic mass is 35.5. The maximum Gasteiger partial charge on any atom is 0.316 e. The molecule has 1 N–H and O–H groups in total. The van der Waals surface area contributed by atoms with Gasteiger partial charge in [-0.2, -0.15) is 0 Å². The molecule has 118 valence electrons. The first kappa shape index (κ1) is 14.5. The normalized spacial score (nSPS) is 14.9. The van der Waals surface area contributed by atoms with Crippen molar-refractivity contribution in [2.45, 2.75) is 19.5 Å². The number of benzene rings is 1. The number of halogens is 1. The molecule has 0 unspecified atom stereocenters. The molecule has 0 amide bonds. The van der Waals surface area contributed by atoms with Gasteiger partial charge in [0.15, 0.2) is 0 Å². The van der Waals surface area contributed by atoms with E-state index in [1.807, 2.05) is 18.5 Å². The molecule has 0 saturated carbocycles. The zero-order valence-electron chi connectivity index (χ0n) is 12.8. The summed E-state index contributed by atoms with van der Waals surface area (Å²) >= 11 is 6.13. The van der Waals surface area contributed by atoms with Gasteiger partial charge in [-0.15, -0.1) is 0 Å². The molecular formula is C17H17ClN4O. The highest BCUT2D eigenvalue weighted by molar-refractivity contribution is 6.31. The van der Waals surface area contributed by atoms with Crippen LogP contribution in [-0.4, -0.2) is 33.5 Å². The summed E-state index contributed by atoms with van der Waals surface area (Å²) in [5, 5.41) is 2.04. The Hall–Kier alpha value is -2.11. The number of nitrogens with zero attached hydrogens (tertiary/aromatic N) is 3. The van der Waals surface area contributed by atoms with Crippen molar-refractivity contribution in [3.63, 3.8) is 0 Å². The van der Waals surface area contributed by atoms with E-state index in [4.69, 9.17) is 16.3 Å². The molecule has 0 bridgehead atoms. The van der Waals surface area contributed by atoms with Gasteiger partial charge in [0.1, 0.15) is 0 Å². The Labute approximate surface area is 139 Å². The molecule has 23 heavy (non-hydrogen) atoms. The number of fused-ring (bicyclic) bond motifs is 3. The highest BCUT2D eigenvalue weighted by Crippen LogP contribution is 2.30. The van der Waals surface area contributed by atoms with Gasteiger partial charge in [0.2, 0.25) is 0 Å². The molecule has 0 radical (unpaired) electrons. The molecule has 0 atom stereocenters. The molecule has 1 aromatic carbocycles. The van der Waals surface area contributed by atoms with Crippen LogP contribution in [0.15, 0.2) is 30.6 Å². The number of H-pyrrole nitrogens is 1. The van der Waals surface area contributed by atoms with E-state index in [1.54, 1.807) is 7.11 Å². The summed E-state index contributed by atoms with van der Waals surface area (Å²) in [7, 11) is 1.57. The maximum atomic E-state index is 6.13. The first-order valence-corrected chi connectivity index (χ1v) is 7.97. The molecule has 0 fully saturated rings. The number of hydrogen-bond donors (Lipinski definition) is 1. The van der Waals surface area contributed by atoms with Crippen molar-refractivity contribution in [3.8, 4) is 6.01 Å². The highest BCUT2D eigenvalue weighted by Gasteiger charge is 2.20. The second-order valence-electron chi connectivity index (χ2n) is 5.81. The Bertz CT molecular complexity index is 844. The summed E-state index contributed by atoms with van der Waals surface area (Å²) in [5.74, 6) is 0. The minimum atomic E-state index is 0.405. The largest absolute Gasteiger partial charge is 0.467 e. The number of ether oxygens (including phenoxy) is 1.